The lowest BCUT2D eigenvalue weighted by Crippen LogP contribution is -1.92. The molecule has 0 saturated carbocycles. The molecule has 0 aliphatic heterocycles. The number of benzene rings is 1. The Morgan fingerprint density at radius 2 is 2.00 bits per heavy atom. The molecule has 8 heteroatoms. The van der Waals surface area contributed by atoms with Crippen molar-refractivity contribution in [2.45, 2.75) is 0 Å². The van der Waals surface area contributed by atoms with Crippen molar-refractivity contribution in [3.8, 4) is 11.4 Å². The molecule has 0 bridgehead atoms. The van der Waals surface area contributed by atoms with Gasteiger partial charge >= 0.3 is 0 Å². The highest BCUT2D eigenvalue weighted by molar-refractivity contribution is 7.14. The predicted molar refractivity (Wildman–Crippen MR) is 96.0 cm³/mol. The molecule has 1 N–H and O–H groups in total. The fraction of sp³-hybridized carbons (Fsp3) is 0. The van der Waals surface area contributed by atoms with E-state index in [9.17, 15) is 4.39 Å². The molecule has 24 heavy (non-hydrogen) atoms. The summed E-state index contributed by atoms with van der Waals surface area (Å²) in [5.74, 6) is 0. The van der Waals surface area contributed by atoms with Crippen LogP contribution in [-0.2, 0) is 0 Å². The number of thiazole rings is 1. The van der Waals surface area contributed by atoms with Gasteiger partial charge in [-0.25, -0.2) is 9.97 Å². The molecule has 0 aliphatic carbocycles. The summed E-state index contributed by atoms with van der Waals surface area (Å²) in [6.45, 7) is 0. The van der Waals surface area contributed by atoms with Crippen molar-refractivity contribution in [2.75, 3.05) is 5.32 Å². The summed E-state index contributed by atoms with van der Waals surface area (Å²) in [5, 5.41) is 3.77. The van der Waals surface area contributed by atoms with Gasteiger partial charge in [-0.2, -0.15) is 4.39 Å². The van der Waals surface area contributed by atoms with E-state index in [0.29, 0.717) is 26.6 Å². The second-order valence-electron chi connectivity index (χ2n) is 4.94. The van der Waals surface area contributed by atoms with E-state index in [1.807, 2.05) is 24.4 Å². The van der Waals surface area contributed by atoms with Crippen LogP contribution in [0.3, 0.4) is 0 Å². The molecule has 0 saturated heterocycles. The van der Waals surface area contributed by atoms with E-state index in [2.05, 4.69) is 15.3 Å². The van der Waals surface area contributed by atoms with Gasteiger partial charge in [-0.05, 0) is 24.3 Å². The highest BCUT2D eigenvalue weighted by Crippen LogP contribution is 2.35. The van der Waals surface area contributed by atoms with Crippen molar-refractivity contribution in [3.63, 3.8) is 0 Å². The smallest absolute Gasteiger partial charge is 0.207 e. The van der Waals surface area contributed by atoms with Crippen LogP contribution in [0.1, 0.15) is 0 Å². The molecule has 4 rings (SSSR count). The van der Waals surface area contributed by atoms with Crippen LogP contribution in [0.4, 0.5) is 15.2 Å². The minimum Gasteiger partial charge on any atom is -0.330 e. The van der Waals surface area contributed by atoms with Crippen LogP contribution in [-0.4, -0.2) is 14.4 Å². The van der Waals surface area contributed by atoms with E-state index in [4.69, 9.17) is 23.2 Å². The molecule has 0 amide bonds. The summed E-state index contributed by atoms with van der Waals surface area (Å²) in [4.78, 5) is 8.60. The Balaban J connectivity index is 1.74. The van der Waals surface area contributed by atoms with Gasteiger partial charge in [0.25, 0.3) is 0 Å². The van der Waals surface area contributed by atoms with E-state index in [1.54, 1.807) is 28.8 Å². The van der Waals surface area contributed by atoms with Gasteiger partial charge in [0.1, 0.15) is 11.3 Å². The third-order valence-corrected chi connectivity index (χ3v) is 5.02. The van der Waals surface area contributed by atoms with E-state index in [1.165, 1.54) is 0 Å². The number of nitrogens with zero attached hydrogens (tertiary/aromatic N) is 3. The highest BCUT2D eigenvalue weighted by atomic mass is 35.5. The summed E-state index contributed by atoms with van der Waals surface area (Å²) < 4.78 is 16.2. The maximum Gasteiger partial charge on any atom is 0.207 e. The number of aromatic nitrogens is 3. The van der Waals surface area contributed by atoms with Gasteiger partial charge in [-0.3, -0.25) is 4.40 Å². The zero-order chi connectivity index (χ0) is 16.7. The van der Waals surface area contributed by atoms with Gasteiger partial charge in [0.05, 0.1) is 27.6 Å². The molecule has 4 aromatic rings. The third kappa shape index (κ3) is 2.62. The van der Waals surface area contributed by atoms with Gasteiger partial charge in [-0.15, -0.1) is 0 Å². The predicted octanol–water partition coefficient (Wildman–Crippen LogP) is 5.65. The number of hydrogen-bond donors (Lipinski definition) is 1. The summed E-state index contributed by atoms with van der Waals surface area (Å²) in [7, 11) is 0. The zero-order valence-corrected chi connectivity index (χ0v) is 14.3. The van der Waals surface area contributed by atoms with Gasteiger partial charge in [0.2, 0.25) is 5.13 Å². The number of fused-ring (bicyclic) bond motifs is 1. The van der Waals surface area contributed by atoms with Crippen molar-refractivity contribution in [1.82, 2.24) is 14.4 Å². The lowest BCUT2D eigenvalue weighted by molar-refractivity contribution is 0.656. The van der Waals surface area contributed by atoms with Gasteiger partial charge in [0, 0.05) is 6.20 Å². The van der Waals surface area contributed by atoms with Gasteiger partial charge in [0.15, 0.2) is 5.13 Å². The minimum absolute atomic E-state index is 0.236. The Hall–Kier alpha value is -2.15. The van der Waals surface area contributed by atoms with Crippen LogP contribution >= 0.6 is 34.5 Å². The largest absolute Gasteiger partial charge is 0.330 e. The number of rotatable bonds is 3. The number of anilines is 2. The Kier molecular flexibility index (Phi) is 3.88. The fourth-order valence-corrected chi connectivity index (χ4v) is 3.40. The minimum atomic E-state index is -0.402. The molecule has 120 valence electrons. The molecular weight excluding hydrogens is 370 g/mol. The monoisotopic (exact) mass is 378 g/mol. The van der Waals surface area contributed by atoms with Gasteiger partial charge in [-0.1, -0.05) is 46.7 Å². The molecule has 0 unspecified atom stereocenters. The van der Waals surface area contributed by atoms with Crippen molar-refractivity contribution < 1.29 is 4.39 Å². The Morgan fingerprint density at radius 1 is 1.12 bits per heavy atom. The first-order chi connectivity index (χ1) is 11.6. The first kappa shape index (κ1) is 15.4. The first-order valence-electron chi connectivity index (χ1n) is 6.93. The fourth-order valence-electron chi connectivity index (χ4n) is 2.34. The van der Waals surface area contributed by atoms with Crippen LogP contribution in [0.25, 0.3) is 17.0 Å². The summed E-state index contributed by atoms with van der Waals surface area (Å²) in [6.07, 6.45) is 3.42. The molecule has 0 spiro atoms. The maximum absolute atomic E-state index is 14.4. The van der Waals surface area contributed by atoms with Crippen molar-refractivity contribution >= 4 is 51.0 Å². The Morgan fingerprint density at radius 3 is 2.88 bits per heavy atom. The van der Waals surface area contributed by atoms with Crippen molar-refractivity contribution in [1.29, 1.82) is 0 Å². The van der Waals surface area contributed by atoms with E-state index < -0.39 is 5.13 Å². The number of nitrogens with one attached hydrogen (secondary N) is 1. The van der Waals surface area contributed by atoms with Gasteiger partial charge < -0.3 is 5.32 Å². The van der Waals surface area contributed by atoms with Crippen molar-refractivity contribution in [2.24, 2.45) is 0 Å². The molecule has 3 aromatic heterocycles. The number of hydrogen-bond acceptors (Lipinski definition) is 4. The van der Waals surface area contributed by atoms with Crippen LogP contribution < -0.4 is 5.32 Å². The average Bonchev–Trinajstić information content (AvgIpc) is 3.15. The Bertz CT molecular complexity index is 1040. The topological polar surface area (TPSA) is 42.2 Å². The Labute approximate surface area is 150 Å². The lowest BCUT2D eigenvalue weighted by Gasteiger charge is -2.05. The van der Waals surface area contributed by atoms with E-state index in [-0.39, 0.29) is 5.69 Å². The highest BCUT2D eigenvalue weighted by Gasteiger charge is 2.17. The van der Waals surface area contributed by atoms with E-state index >= 15 is 0 Å². The molecule has 0 aliphatic rings. The first-order valence-corrected chi connectivity index (χ1v) is 8.50. The zero-order valence-electron chi connectivity index (χ0n) is 12.0. The van der Waals surface area contributed by atoms with Crippen LogP contribution in [0, 0.1) is 5.13 Å². The normalized spacial score (nSPS) is 11.1. The standard InChI is InChI=1S/C16H9Cl2FN4S/c17-9-4-3-5-10(13(9)18)21-16-22-14(15(19)24-16)11-8-20-12-6-1-2-7-23(11)12/h1-8H,(H,21,22). The van der Waals surface area contributed by atoms with Crippen LogP contribution in [0.15, 0.2) is 48.8 Å². The quantitative estimate of drug-likeness (QED) is 0.500. The van der Waals surface area contributed by atoms with Crippen LogP contribution in [0.2, 0.25) is 10.0 Å². The number of halogens is 3. The molecule has 0 fully saturated rings. The summed E-state index contributed by atoms with van der Waals surface area (Å²) in [5.41, 5.74) is 2.12. The molecule has 3 heterocycles. The van der Waals surface area contributed by atoms with Crippen LogP contribution in [0.5, 0.6) is 0 Å². The molecule has 4 nitrogen and oxygen atoms in total. The second-order valence-corrected chi connectivity index (χ2v) is 6.67. The molecule has 0 atom stereocenters. The average molecular weight is 379 g/mol. The number of pyridine rings is 1. The summed E-state index contributed by atoms with van der Waals surface area (Å²) >= 11 is 13.0. The molecular formula is C16H9Cl2FN4S. The molecule has 0 radical (unpaired) electrons. The number of imidazole rings is 1. The van der Waals surface area contributed by atoms with E-state index in [0.717, 1.165) is 17.0 Å². The third-order valence-electron chi connectivity index (χ3n) is 3.44. The second kappa shape index (κ2) is 6.05. The lowest BCUT2D eigenvalue weighted by atomic mass is 10.3. The SMILES string of the molecule is Fc1sc(Nc2cccc(Cl)c2Cl)nc1-c1cnc2ccccn12. The van der Waals surface area contributed by atoms with Crippen molar-refractivity contribution in [3.05, 3.63) is 64.0 Å². The molecule has 1 aromatic carbocycles. The maximum atomic E-state index is 14.4. The summed E-state index contributed by atoms with van der Waals surface area (Å²) in [6, 6.07) is 10.8.